The summed E-state index contributed by atoms with van der Waals surface area (Å²) < 4.78 is 0. The van der Waals surface area contributed by atoms with Crippen LogP contribution in [0.1, 0.15) is 37.8 Å². The van der Waals surface area contributed by atoms with Gasteiger partial charge in [-0.1, -0.05) is 31.1 Å². The average molecular weight is 271 g/mol. The molecule has 3 nitrogen and oxygen atoms in total. The van der Waals surface area contributed by atoms with Gasteiger partial charge in [0.25, 0.3) is 0 Å². The minimum Gasteiger partial charge on any atom is -0.503 e. The van der Waals surface area contributed by atoms with E-state index in [1.807, 2.05) is 18.2 Å². The van der Waals surface area contributed by atoms with Crippen LogP contribution in [0.4, 0.5) is 0 Å². The number of pyridine rings is 1. The van der Waals surface area contributed by atoms with Crippen molar-refractivity contribution in [1.82, 2.24) is 4.98 Å². The van der Waals surface area contributed by atoms with Crippen LogP contribution in [-0.2, 0) is 6.42 Å². The van der Waals surface area contributed by atoms with Crippen LogP contribution in [0.25, 0.3) is 10.9 Å². The molecule has 0 spiro atoms. The third-order valence-corrected chi connectivity index (χ3v) is 3.54. The highest BCUT2D eigenvalue weighted by Crippen LogP contribution is 2.18. The molecule has 20 heavy (non-hydrogen) atoms. The minimum absolute atomic E-state index is 0.130. The van der Waals surface area contributed by atoms with Gasteiger partial charge in [0.2, 0.25) is 5.43 Å². The second kappa shape index (κ2) is 6.94. The highest BCUT2D eigenvalue weighted by atomic mass is 16.3. The van der Waals surface area contributed by atoms with Crippen molar-refractivity contribution >= 4 is 10.9 Å². The number of benzene rings is 1. The fourth-order valence-electron chi connectivity index (χ4n) is 2.40. The summed E-state index contributed by atoms with van der Waals surface area (Å²) in [5.74, 6) is -0.130. The van der Waals surface area contributed by atoms with Gasteiger partial charge in [-0.2, -0.15) is 0 Å². The van der Waals surface area contributed by atoms with Crippen LogP contribution in [0.5, 0.6) is 5.75 Å². The fourth-order valence-corrected chi connectivity index (χ4v) is 2.40. The van der Waals surface area contributed by atoms with Crippen LogP contribution in [0.2, 0.25) is 0 Å². The summed E-state index contributed by atoms with van der Waals surface area (Å²) in [5, 5.41) is 10.5. The van der Waals surface area contributed by atoms with E-state index < -0.39 is 0 Å². The Kier molecular flexibility index (Phi) is 4.99. The molecule has 0 aliphatic heterocycles. The Bertz CT molecular complexity index is 643. The summed E-state index contributed by atoms with van der Waals surface area (Å²) in [4.78, 5) is 15.2. The highest BCUT2D eigenvalue weighted by Gasteiger charge is 2.09. The molecule has 0 aliphatic rings. The zero-order valence-electron chi connectivity index (χ0n) is 11.7. The number of unbranched alkanes of at least 4 members (excludes halogenated alkanes) is 4. The molecule has 1 heterocycles. The van der Waals surface area contributed by atoms with Gasteiger partial charge in [-0.3, -0.25) is 4.79 Å². The number of aromatic hydroxyl groups is 1. The number of aromatic amines is 1. The SMILES string of the molecule is C=CCCCCCCc1[nH]c2ccccc2c(=O)c1O. The van der Waals surface area contributed by atoms with Crippen molar-refractivity contribution in [2.24, 2.45) is 0 Å². The second-order valence-electron chi connectivity index (χ2n) is 5.07. The Morgan fingerprint density at radius 1 is 1.15 bits per heavy atom. The van der Waals surface area contributed by atoms with E-state index in [0.29, 0.717) is 17.5 Å². The number of aromatic nitrogens is 1. The number of hydrogen-bond acceptors (Lipinski definition) is 2. The van der Waals surface area contributed by atoms with Crippen molar-refractivity contribution in [2.45, 2.75) is 38.5 Å². The van der Waals surface area contributed by atoms with Crippen molar-refractivity contribution in [3.63, 3.8) is 0 Å². The number of rotatable bonds is 7. The van der Waals surface area contributed by atoms with Gasteiger partial charge < -0.3 is 10.1 Å². The number of aryl methyl sites for hydroxylation is 1. The first kappa shape index (κ1) is 14.4. The molecule has 0 fully saturated rings. The van der Waals surface area contributed by atoms with Gasteiger partial charge in [0.15, 0.2) is 5.75 Å². The molecule has 2 N–H and O–H groups in total. The quantitative estimate of drug-likeness (QED) is 0.592. The molecule has 106 valence electrons. The van der Waals surface area contributed by atoms with Gasteiger partial charge in [0.1, 0.15) is 0 Å². The number of nitrogens with one attached hydrogen (secondary N) is 1. The predicted molar refractivity (Wildman–Crippen MR) is 83.2 cm³/mol. The van der Waals surface area contributed by atoms with E-state index in [0.717, 1.165) is 37.6 Å². The van der Waals surface area contributed by atoms with Crippen molar-refractivity contribution < 1.29 is 5.11 Å². The predicted octanol–water partition coefficient (Wildman–Crippen LogP) is 3.91. The van der Waals surface area contributed by atoms with E-state index in [1.54, 1.807) is 12.1 Å². The van der Waals surface area contributed by atoms with E-state index in [9.17, 15) is 9.90 Å². The summed E-state index contributed by atoms with van der Waals surface area (Å²) in [6.07, 6.45) is 8.08. The molecule has 0 saturated carbocycles. The summed E-state index contributed by atoms with van der Waals surface area (Å²) in [6.45, 7) is 3.70. The van der Waals surface area contributed by atoms with E-state index >= 15 is 0 Å². The molecule has 1 aromatic heterocycles. The molecular formula is C17H21NO2. The molecule has 0 bridgehead atoms. The molecule has 0 unspecified atom stereocenters. The van der Waals surface area contributed by atoms with E-state index in [1.165, 1.54) is 0 Å². The lowest BCUT2D eigenvalue weighted by Crippen LogP contribution is -2.07. The van der Waals surface area contributed by atoms with Gasteiger partial charge in [-0.25, -0.2) is 0 Å². The first-order valence-corrected chi connectivity index (χ1v) is 7.18. The summed E-state index contributed by atoms with van der Waals surface area (Å²) >= 11 is 0. The van der Waals surface area contributed by atoms with E-state index in [2.05, 4.69) is 11.6 Å². The Morgan fingerprint density at radius 3 is 2.70 bits per heavy atom. The molecule has 0 amide bonds. The smallest absolute Gasteiger partial charge is 0.231 e. The van der Waals surface area contributed by atoms with Crippen molar-refractivity contribution in [2.75, 3.05) is 0 Å². The second-order valence-corrected chi connectivity index (χ2v) is 5.07. The highest BCUT2D eigenvalue weighted by molar-refractivity contribution is 5.79. The number of hydrogen-bond donors (Lipinski definition) is 2. The normalized spacial score (nSPS) is 10.8. The van der Waals surface area contributed by atoms with Crippen LogP contribution in [-0.4, -0.2) is 10.1 Å². The van der Waals surface area contributed by atoms with Crippen LogP contribution in [0.3, 0.4) is 0 Å². The molecule has 0 atom stereocenters. The van der Waals surface area contributed by atoms with Gasteiger partial charge in [0, 0.05) is 10.9 Å². The molecular weight excluding hydrogens is 250 g/mol. The molecule has 2 rings (SSSR count). The zero-order valence-corrected chi connectivity index (χ0v) is 11.7. The molecule has 1 aromatic carbocycles. The van der Waals surface area contributed by atoms with Crippen LogP contribution in [0, 0.1) is 0 Å². The summed E-state index contributed by atoms with van der Waals surface area (Å²) in [7, 11) is 0. The first-order valence-electron chi connectivity index (χ1n) is 7.18. The maximum Gasteiger partial charge on any atom is 0.231 e. The summed E-state index contributed by atoms with van der Waals surface area (Å²) in [6, 6.07) is 7.28. The average Bonchev–Trinajstić information content (AvgIpc) is 2.47. The van der Waals surface area contributed by atoms with Crippen molar-refractivity contribution in [1.29, 1.82) is 0 Å². The monoisotopic (exact) mass is 271 g/mol. The minimum atomic E-state index is -0.277. The van der Waals surface area contributed by atoms with Gasteiger partial charge in [-0.15, -0.1) is 6.58 Å². The first-order chi connectivity index (χ1) is 9.74. The Hall–Kier alpha value is -2.03. The van der Waals surface area contributed by atoms with Crippen LogP contribution >= 0.6 is 0 Å². The van der Waals surface area contributed by atoms with Gasteiger partial charge in [-0.05, 0) is 37.8 Å². The van der Waals surface area contributed by atoms with Crippen molar-refractivity contribution in [3.05, 3.63) is 52.8 Å². The van der Waals surface area contributed by atoms with Crippen LogP contribution in [0.15, 0.2) is 41.7 Å². The van der Waals surface area contributed by atoms with Gasteiger partial charge >= 0.3 is 0 Å². The van der Waals surface area contributed by atoms with Crippen molar-refractivity contribution in [3.8, 4) is 5.75 Å². The Balaban J connectivity index is 2.05. The molecule has 2 aromatic rings. The number of H-pyrrole nitrogens is 1. The van der Waals surface area contributed by atoms with Gasteiger partial charge in [0.05, 0.1) is 5.69 Å². The third kappa shape index (κ3) is 3.29. The molecule has 0 aliphatic carbocycles. The molecule has 3 heteroatoms. The lowest BCUT2D eigenvalue weighted by Gasteiger charge is -2.07. The topological polar surface area (TPSA) is 53.1 Å². The number of fused-ring (bicyclic) bond motifs is 1. The number of para-hydroxylation sites is 1. The van der Waals surface area contributed by atoms with E-state index in [-0.39, 0.29) is 11.2 Å². The molecule has 0 saturated heterocycles. The van der Waals surface area contributed by atoms with E-state index in [4.69, 9.17) is 0 Å². The summed E-state index contributed by atoms with van der Waals surface area (Å²) in [5.41, 5.74) is 1.16. The lowest BCUT2D eigenvalue weighted by molar-refractivity contribution is 0.458. The fraction of sp³-hybridized carbons (Fsp3) is 0.353. The maximum atomic E-state index is 12.0. The standard InChI is InChI=1S/C17H21NO2/c1-2-3-4-5-6-7-12-15-17(20)16(19)13-10-8-9-11-14(13)18-15/h2,8-11,20H,1,3-7,12H2,(H,18,19). The largest absolute Gasteiger partial charge is 0.503 e. The Labute approximate surface area is 119 Å². The zero-order chi connectivity index (χ0) is 14.4. The number of allylic oxidation sites excluding steroid dienone is 1. The Morgan fingerprint density at radius 2 is 1.90 bits per heavy atom. The third-order valence-electron chi connectivity index (χ3n) is 3.54. The van der Waals surface area contributed by atoms with Crippen LogP contribution < -0.4 is 5.43 Å². The maximum absolute atomic E-state index is 12.0. The lowest BCUT2D eigenvalue weighted by atomic mass is 10.1. The molecule has 0 radical (unpaired) electrons.